The highest BCUT2D eigenvalue weighted by Crippen LogP contribution is 2.10. The van der Waals surface area contributed by atoms with Gasteiger partial charge in [-0.2, -0.15) is 5.10 Å². The summed E-state index contributed by atoms with van der Waals surface area (Å²) in [6.07, 6.45) is 5.14. The zero-order valence-corrected chi connectivity index (χ0v) is 12.9. The van der Waals surface area contributed by atoms with Crippen LogP contribution in [0.5, 0.6) is 0 Å². The van der Waals surface area contributed by atoms with Crippen molar-refractivity contribution in [2.24, 2.45) is 0 Å². The number of aryl methyl sites for hydroxylation is 1. The largest absolute Gasteiger partial charge is 0.325 e. The molecule has 2 heterocycles. The number of nitrogens with zero attached hydrogens (tertiary/aromatic N) is 4. The second-order valence-electron chi connectivity index (χ2n) is 5.44. The molecule has 0 saturated heterocycles. The maximum atomic E-state index is 4.61. The molecular formula is C15H25N5. The molecule has 0 spiro atoms. The lowest BCUT2D eigenvalue weighted by molar-refractivity contribution is 0.521. The fourth-order valence-corrected chi connectivity index (χ4v) is 2.18. The van der Waals surface area contributed by atoms with E-state index in [0.29, 0.717) is 6.04 Å². The van der Waals surface area contributed by atoms with Gasteiger partial charge < -0.3 is 9.88 Å². The van der Waals surface area contributed by atoms with Gasteiger partial charge in [0.05, 0.1) is 17.9 Å². The second-order valence-corrected chi connectivity index (χ2v) is 5.44. The number of imidazole rings is 1. The molecule has 1 N–H and O–H groups in total. The Hall–Kier alpha value is -1.62. The lowest BCUT2D eigenvalue weighted by atomic mass is 10.3. The van der Waals surface area contributed by atoms with Gasteiger partial charge in [0.1, 0.15) is 5.82 Å². The Labute approximate surface area is 121 Å². The van der Waals surface area contributed by atoms with E-state index >= 15 is 0 Å². The van der Waals surface area contributed by atoms with E-state index in [0.717, 1.165) is 37.6 Å². The first-order valence-electron chi connectivity index (χ1n) is 7.37. The Bertz CT molecular complexity index is 538. The molecule has 5 nitrogen and oxygen atoms in total. The minimum atomic E-state index is 0.401. The normalized spacial score (nSPS) is 11.4. The van der Waals surface area contributed by atoms with Crippen LogP contribution in [0, 0.1) is 6.92 Å². The SMILES string of the molecule is CCCNCc1cnc(C)n1Cc1ccn(C(C)C)n1. The molecule has 5 heteroatoms. The summed E-state index contributed by atoms with van der Waals surface area (Å²) in [4.78, 5) is 4.42. The van der Waals surface area contributed by atoms with E-state index in [1.165, 1.54) is 5.69 Å². The topological polar surface area (TPSA) is 47.7 Å². The zero-order valence-electron chi connectivity index (χ0n) is 12.9. The summed E-state index contributed by atoms with van der Waals surface area (Å²) in [6.45, 7) is 11.2. The summed E-state index contributed by atoms with van der Waals surface area (Å²) in [7, 11) is 0. The first-order chi connectivity index (χ1) is 9.61. The van der Waals surface area contributed by atoms with Crippen LogP contribution >= 0.6 is 0 Å². The third-order valence-corrected chi connectivity index (χ3v) is 3.38. The quantitative estimate of drug-likeness (QED) is 0.790. The highest BCUT2D eigenvalue weighted by Gasteiger charge is 2.09. The third-order valence-electron chi connectivity index (χ3n) is 3.38. The number of hydrogen-bond donors (Lipinski definition) is 1. The van der Waals surface area contributed by atoms with Crippen molar-refractivity contribution in [3.8, 4) is 0 Å². The lowest BCUT2D eigenvalue weighted by Gasteiger charge is -2.10. The fraction of sp³-hybridized carbons (Fsp3) is 0.600. The maximum absolute atomic E-state index is 4.61. The molecule has 0 aliphatic carbocycles. The van der Waals surface area contributed by atoms with Crippen LogP contribution in [0.15, 0.2) is 18.5 Å². The van der Waals surface area contributed by atoms with Crippen molar-refractivity contribution in [2.45, 2.75) is 53.2 Å². The Morgan fingerprint density at radius 1 is 1.35 bits per heavy atom. The van der Waals surface area contributed by atoms with E-state index in [-0.39, 0.29) is 0 Å². The minimum Gasteiger partial charge on any atom is -0.325 e. The van der Waals surface area contributed by atoms with Gasteiger partial charge in [-0.3, -0.25) is 4.68 Å². The monoisotopic (exact) mass is 275 g/mol. The predicted octanol–water partition coefficient (Wildman–Crippen LogP) is 2.52. The lowest BCUT2D eigenvalue weighted by Crippen LogP contribution is -2.18. The number of aromatic nitrogens is 4. The standard InChI is InChI=1S/C15H25N5/c1-5-7-16-9-15-10-17-13(4)19(15)11-14-6-8-20(18-14)12(2)3/h6,8,10,12,16H,5,7,9,11H2,1-4H3. The summed E-state index contributed by atoms with van der Waals surface area (Å²) in [5.41, 5.74) is 2.30. The van der Waals surface area contributed by atoms with Crippen LogP contribution in [0.4, 0.5) is 0 Å². The van der Waals surface area contributed by atoms with E-state index < -0.39 is 0 Å². The third kappa shape index (κ3) is 3.48. The molecule has 0 radical (unpaired) electrons. The Morgan fingerprint density at radius 3 is 2.80 bits per heavy atom. The van der Waals surface area contributed by atoms with Crippen LogP contribution < -0.4 is 5.32 Å². The summed E-state index contributed by atoms with van der Waals surface area (Å²) < 4.78 is 4.23. The van der Waals surface area contributed by atoms with Crippen LogP contribution in [0.1, 0.15) is 50.4 Å². The van der Waals surface area contributed by atoms with Crippen LogP contribution in [0.2, 0.25) is 0 Å². The van der Waals surface area contributed by atoms with Gasteiger partial charge in [0.2, 0.25) is 0 Å². The molecule has 20 heavy (non-hydrogen) atoms. The molecule has 0 aliphatic heterocycles. The summed E-state index contributed by atoms with van der Waals surface area (Å²) in [5, 5.41) is 8.04. The predicted molar refractivity (Wildman–Crippen MR) is 80.7 cm³/mol. The van der Waals surface area contributed by atoms with Crippen LogP contribution in [0.3, 0.4) is 0 Å². The van der Waals surface area contributed by atoms with E-state index in [1.54, 1.807) is 0 Å². The Morgan fingerprint density at radius 2 is 2.15 bits per heavy atom. The molecule has 0 bridgehead atoms. The second kappa shape index (κ2) is 6.70. The fourth-order valence-electron chi connectivity index (χ4n) is 2.18. The summed E-state index contributed by atoms with van der Waals surface area (Å²) in [6, 6.07) is 2.49. The summed E-state index contributed by atoms with van der Waals surface area (Å²) in [5.74, 6) is 1.04. The number of hydrogen-bond acceptors (Lipinski definition) is 3. The van der Waals surface area contributed by atoms with Gasteiger partial charge in [-0.05, 0) is 39.8 Å². The molecule has 0 atom stereocenters. The van der Waals surface area contributed by atoms with Gasteiger partial charge in [0.25, 0.3) is 0 Å². The number of nitrogens with one attached hydrogen (secondary N) is 1. The molecule has 0 saturated carbocycles. The van der Waals surface area contributed by atoms with Gasteiger partial charge in [0, 0.05) is 25.0 Å². The van der Waals surface area contributed by atoms with Crippen molar-refractivity contribution in [3.05, 3.63) is 35.7 Å². The van der Waals surface area contributed by atoms with Gasteiger partial charge in [0.15, 0.2) is 0 Å². The molecule has 0 unspecified atom stereocenters. The van der Waals surface area contributed by atoms with Crippen LogP contribution in [0.25, 0.3) is 0 Å². The van der Waals surface area contributed by atoms with E-state index in [2.05, 4.69) is 46.8 Å². The van der Waals surface area contributed by atoms with E-state index in [9.17, 15) is 0 Å². The van der Waals surface area contributed by atoms with Crippen molar-refractivity contribution >= 4 is 0 Å². The molecule has 110 valence electrons. The van der Waals surface area contributed by atoms with Crippen molar-refractivity contribution in [1.82, 2.24) is 24.6 Å². The van der Waals surface area contributed by atoms with E-state index in [1.807, 2.05) is 24.0 Å². The molecule has 0 aromatic carbocycles. The van der Waals surface area contributed by atoms with Gasteiger partial charge in [-0.15, -0.1) is 0 Å². The van der Waals surface area contributed by atoms with Crippen molar-refractivity contribution in [2.75, 3.05) is 6.54 Å². The van der Waals surface area contributed by atoms with Crippen molar-refractivity contribution < 1.29 is 0 Å². The first-order valence-corrected chi connectivity index (χ1v) is 7.37. The Balaban J connectivity index is 2.09. The molecule has 2 aromatic rings. The zero-order chi connectivity index (χ0) is 14.5. The average Bonchev–Trinajstić information content (AvgIpc) is 3.01. The highest BCUT2D eigenvalue weighted by atomic mass is 15.3. The van der Waals surface area contributed by atoms with Crippen LogP contribution in [-0.4, -0.2) is 25.9 Å². The molecule has 0 fully saturated rings. The molecule has 0 amide bonds. The molecule has 2 rings (SSSR count). The number of rotatable bonds is 7. The minimum absolute atomic E-state index is 0.401. The van der Waals surface area contributed by atoms with Crippen molar-refractivity contribution in [3.63, 3.8) is 0 Å². The van der Waals surface area contributed by atoms with E-state index in [4.69, 9.17) is 0 Å². The maximum Gasteiger partial charge on any atom is 0.106 e. The average molecular weight is 275 g/mol. The molecule has 2 aromatic heterocycles. The highest BCUT2D eigenvalue weighted by molar-refractivity contribution is 5.09. The molecular weight excluding hydrogens is 250 g/mol. The van der Waals surface area contributed by atoms with Crippen molar-refractivity contribution in [1.29, 1.82) is 0 Å². The molecule has 0 aliphatic rings. The van der Waals surface area contributed by atoms with Gasteiger partial charge in [-0.25, -0.2) is 4.98 Å². The summed E-state index contributed by atoms with van der Waals surface area (Å²) >= 11 is 0. The van der Waals surface area contributed by atoms with Gasteiger partial charge >= 0.3 is 0 Å². The van der Waals surface area contributed by atoms with Gasteiger partial charge in [-0.1, -0.05) is 6.92 Å². The first kappa shape index (κ1) is 14.8. The van der Waals surface area contributed by atoms with Crippen LogP contribution in [-0.2, 0) is 13.1 Å². The smallest absolute Gasteiger partial charge is 0.106 e. The Kier molecular flexibility index (Phi) is 4.95.